The number of nitrogens with zero attached hydrogens (tertiary/aromatic N) is 2. The van der Waals surface area contributed by atoms with Crippen LogP contribution in [0.2, 0.25) is 0 Å². The van der Waals surface area contributed by atoms with Crippen molar-refractivity contribution in [3.05, 3.63) is 29.6 Å². The fourth-order valence-corrected chi connectivity index (χ4v) is 2.17. The highest BCUT2D eigenvalue weighted by molar-refractivity contribution is 5.86. The third kappa shape index (κ3) is 3.05. The van der Waals surface area contributed by atoms with E-state index < -0.39 is 5.97 Å². The average molecular weight is 250 g/mol. The summed E-state index contributed by atoms with van der Waals surface area (Å²) in [6.45, 7) is 5.12. The molecule has 2 heterocycles. The number of carboxylic acid groups (broad SMARTS) is 1. The van der Waals surface area contributed by atoms with Gasteiger partial charge in [0.1, 0.15) is 0 Å². The molecule has 1 atom stereocenters. The number of aromatic nitrogens is 1. The van der Waals surface area contributed by atoms with Crippen molar-refractivity contribution in [3.63, 3.8) is 0 Å². The predicted octanol–water partition coefficient (Wildman–Crippen LogP) is 1.39. The summed E-state index contributed by atoms with van der Waals surface area (Å²) in [5.74, 6) is -0.967. The lowest BCUT2D eigenvalue weighted by Crippen LogP contribution is -2.41. The summed E-state index contributed by atoms with van der Waals surface area (Å²) in [4.78, 5) is 17.2. The third-order valence-electron chi connectivity index (χ3n) is 3.17. The molecule has 5 heteroatoms. The number of pyridine rings is 1. The number of carboxylic acids is 1. The molecular formula is C13H18N2O3. The normalized spacial score (nSPS) is 20.8. The van der Waals surface area contributed by atoms with Crippen molar-refractivity contribution in [3.8, 4) is 0 Å². The molecule has 98 valence electrons. The smallest absolute Gasteiger partial charge is 0.354 e. The zero-order chi connectivity index (χ0) is 13.0. The molecular weight excluding hydrogens is 232 g/mol. The number of hydrogen-bond acceptors (Lipinski definition) is 4. The fraction of sp³-hybridized carbons (Fsp3) is 0.538. The van der Waals surface area contributed by atoms with E-state index in [9.17, 15) is 4.79 Å². The molecule has 0 radical (unpaired) electrons. The fourth-order valence-electron chi connectivity index (χ4n) is 2.17. The number of morpholine rings is 1. The van der Waals surface area contributed by atoms with Gasteiger partial charge in [-0.2, -0.15) is 0 Å². The van der Waals surface area contributed by atoms with E-state index in [1.807, 2.05) is 6.07 Å². The van der Waals surface area contributed by atoms with Gasteiger partial charge in [0, 0.05) is 25.8 Å². The highest BCUT2D eigenvalue weighted by atomic mass is 16.5. The zero-order valence-corrected chi connectivity index (χ0v) is 10.5. The van der Waals surface area contributed by atoms with Crippen molar-refractivity contribution in [1.82, 2.24) is 9.88 Å². The van der Waals surface area contributed by atoms with Crippen LogP contribution >= 0.6 is 0 Å². The van der Waals surface area contributed by atoms with Crippen LogP contribution in [0.1, 0.15) is 29.4 Å². The summed E-state index contributed by atoms with van der Waals surface area (Å²) in [6, 6.07) is 3.60. The molecule has 1 fully saturated rings. The van der Waals surface area contributed by atoms with Gasteiger partial charge in [0.2, 0.25) is 0 Å². The van der Waals surface area contributed by atoms with Gasteiger partial charge >= 0.3 is 5.97 Å². The summed E-state index contributed by atoms with van der Waals surface area (Å²) in [6.07, 6.45) is 2.75. The summed E-state index contributed by atoms with van der Waals surface area (Å²) >= 11 is 0. The van der Waals surface area contributed by atoms with Crippen LogP contribution in [-0.4, -0.2) is 46.8 Å². The van der Waals surface area contributed by atoms with Crippen molar-refractivity contribution in [2.45, 2.75) is 26.0 Å². The van der Waals surface area contributed by atoms with Gasteiger partial charge in [-0.1, -0.05) is 13.0 Å². The lowest BCUT2D eigenvalue weighted by molar-refractivity contribution is -0.0325. The van der Waals surface area contributed by atoms with Crippen molar-refractivity contribution in [2.75, 3.05) is 19.7 Å². The van der Waals surface area contributed by atoms with Gasteiger partial charge in [0.05, 0.1) is 12.7 Å². The van der Waals surface area contributed by atoms with E-state index in [1.165, 1.54) is 6.20 Å². The SMILES string of the molecule is CCC1CN(Cc2cccnc2C(=O)O)CCO1. The second kappa shape index (κ2) is 5.93. The van der Waals surface area contributed by atoms with Crippen LogP contribution in [0.4, 0.5) is 0 Å². The monoisotopic (exact) mass is 250 g/mol. The Labute approximate surface area is 106 Å². The topological polar surface area (TPSA) is 62.7 Å². The maximum Gasteiger partial charge on any atom is 0.354 e. The van der Waals surface area contributed by atoms with Crippen LogP contribution in [0.15, 0.2) is 18.3 Å². The van der Waals surface area contributed by atoms with Gasteiger partial charge in [-0.3, -0.25) is 4.90 Å². The Balaban J connectivity index is 2.07. The summed E-state index contributed by atoms with van der Waals surface area (Å²) in [5, 5.41) is 9.09. The highest BCUT2D eigenvalue weighted by Crippen LogP contribution is 2.14. The summed E-state index contributed by atoms with van der Waals surface area (Å²) in [5.41, 5.74) is 0.916. The Hall–Kier alpha value is -1.46. The van der Waals surface area contributed by atoms with Gasteiger partial charge in [-0.25, -0.2) is 9.78 Å². The molecule has 1 aromatic rings. The second-order valence-corrected chi connectivity index (χ2v) is 4.45. The maximum atomic E-state index is 11.1. The van der Waals surface area contributed by atoms with Crippen LogP contribution in [0.3, 0.4) is 0 Å². The standard InChI is InChI=1S/C13H18N2O3/c1-2-11-9-15(6-7-18-11)8-10-4-3-5-14-12(10)13(16)17/h3-5,11H,2,6-9H2,1H3,(H,16,17). The Kier molecular flexibility index (Phi) is 4.28. The van der Waals surface area contributed by atoms with Crippen molar-refractivity contribution >= 4 is 5.97 Å². The zero-order valence-electron chi connectivity index (χ0n) is 10.5. The molecule has 1 aromatic heterocycles. The summed E-state index contributed by atoms with van der Waals surface area (Å²) in [7, 11) is 0. The third-order valence-corrected chi connectivity index (χ3v) is 3.17. The van der Waals surface area contributed by atoms with Gasteiger partial charge in [0.25, 0.3) is 0 Å². The molecule has 1 saturated heterocycles. The molecule has 0 aliphatic carbocycles. The van der Waals surface area contributed by atoms with E-state index in [1.54, 1.807) is 6.07 Å². The molecule has 5 nitrogen and oxygen atoms in total. The average Bonchev–Trinajstić information content (AvgIpc) is 2.39. The number of carbonyl (C=O) groups is 1. The predicted molar refractivity (Wildman–Crippen MR) is 66.5 cm³/mol. The van der Waals surface area contributed by atoms with E-state index in [4.69, 9.17) is 9.84 Å². The number of ether oxygens (including phenoxy) is 1. The Morgan fingerprint density at radius 3 is 3.22 bits per heavy atom. The van der Waals surface area contributed by atoms with Gasteiger partial charge in [-0.05, 0) is 18.1 Å². The first-order valence-electron chi connectivity index (χ1n) is 6.22. The van der Waals surface area contributed by atoms with E-state index >= 15 is 0 Å². The highest BCUT2D eigenvalue weighted by Gasteiger charge is 2.21. The van der Waals surface area contributed by atoms with Crippen molar-refractivity contribution in [2.24, 2.45) is 0 Å². The minimum atomic E-state index is -0.967. The number of hydrogen-bond donors (Lipinski definition) is 1. The molecule has 1 unspecified atom stereocenters. The Morgan fingerprint density at radius 2 is 2.50 bits per heavy atom. The summed E-state index contributed by atoms with van der Waals surface area (Å²) < 4.78 is 5.60. The van der Waals surface area contributed by atoms with Crippen LogP contribution in [0.5, 0.6) is 0 Å². The van der Waals surface area contributed by atoms with Gasteiger partial charge in [0.15, 0.2) is 5.69 Å². The first-order chi connectivity index (χ1) is 8.70. The lowest BCUT2D eigenvalue weighted by atomic mass is 10.1. The second-order valence-electron chi connectivity index (χ2n) is 4.45. The van der Waals surface area contributed by atoms with Crippen LogP contribution in [0, 0.1) is 0 Å². The molecule has 1 aliphatic heterocycles. The minimum Gasteiger partial charge on any atom is -0.477 e. The maximum absolute atomic E-state index is 11.1. The molecule has 0 bridgehead atoms. The Bertz CT molecular complexity index is 422. The molecule has 1 N–H and O–H groups in total. The number of aromatic carboxylic acids is 1. The van der Waals surface area contributed by atoms with Crippen molar-refractivity contribution in [1.29, 1.82) is 0 Å². The van der Waals surface area contributed by atoms with Crippen LogP contribution in [0.25, 0.3) is 0 Å². The largest absolute Gasteiger partial charge is 0.477 e. The first kappa shape index (κ1) is 13.0. The number of rotatable bonds is 4. The van der Waals surface area contributed by atoms with Crippen LogP contribution < -0.4 is 0 Å². The molecule has 2 rings (SSSR count). The first-order valence-corrected chi connectivity index (χ1v) is 6.22. The molecule has 0 spiro atoms. The van der Waals surface area contributed by atoms with E-state index in [-0.39, 0.29) is 11.8 Å². The van der Waals surface area contributed by atoms with E-state index in [2.05, 4.69) is 16.8 Å². The van der Waals surface area contributed by atoms with E-state index in [0.717, 1.165) is 25.1 Å². The minimum absolute atomic E-state index is 0.150. The van der Waals surface area contributed by atoms with Gasteiger partial charge in [-0.15, -0.1) is 0 Å². The quantitative estimate of drug-likeness (QED) is 0.875. The lowest BCUT2D eigenvalue weighted by Gasteiger charge is -2.32. The van der Waals surface area contributed by atoms with Crippen molar-refractivity contribution < 1.29 is 14.6 Å². The van der Waals surface area contributed by atoms with Crippen LogP contribution in [-0.2, 0) is 11.3 Å². The van der Waals surface area contributed by atoms with E-state index in [0.29, 0.717) is 13.2 Å². The Morgan fingerprint density at radius 1 is 1.67 bits per heavy atom. The van der Waals surface area contributed by atoms with Gasteiger partial charge < -0.3 is 9.84 Å². The molecule has 1 aliphatic rings. The molecule has 0 saturated carbocycles. The molecule has 0 amide bonds. The molecule has 0 aromatic carbocycles. The molecule has 18 heavy (non-hydrogen) atoms.